The standard InChI is InChI=1S/C23H25N3O2S/c1-17-9-8-10-18(15-17)24-21-23(13-6-3-7-14-23)26(19-11-4-2-5-12-19)22(25-21)29-16-20(27)28/h2,4-5,8-12,15H,3,6-7,13-14,16H2,1H3,(H,27,28). The first-order valence-electron chi connectivity index (χ1n) is 10.0. The molecule has 1 spiro atoms. The van der Waals surface area contributed by atoms with E-state index >= 15 is 0 Å². The van der Waals surface area contributed by atoms with Crippen molar-refractivity contribution in [1.82, 2.24) is 0 Å². The minimum Gasteiger partial charge on any atom is -0.481 e. The van der Waals surface area contributed by atoms with Crippen LogP contribution in [0.5, 0.6) is 0 Å². The quantitative estimate of drug-likeness (QED) is 0.735. The molecule has 0 aromatic heterocycles. The maximum atomic E-state index is 11.3. The second kappa shape index (κ2) is 8.41. The minimum absolute atomic E-state index is 0.0179. The van der Waals surface area contributed by atoms with Gasteiger partial charge in [0.2, 0.25) is 0 Å². The molecule has 1 heterocycles. The normalized spacial score (nSPS) is 19.6. The number of aliphatic carboxylic acids is 1. The fourth-order valence-electron chi connectivity index (χ4n) is 4.22. The number of aryl methyl sites for hydroxylation is 1. The Morgan fingerprint density at radius 1 is 1.14 bits per heavy atom. The summed E-state index contributed by atoms with van der Waals surface area (Å²) >= 11 is 1.28. The van der Waals surface area contributed by atoms with Crippen molar-refractivity contribution >= 4 is 40.1 Å². The van der Waals surface area contributed by atoms with Crippen LogP contribution < -0.4 is 4.90 Å². The van der Waals surface area contributed by atoms with Crippen molar-refractivity contribution in [2.24, 2.45) is 9.98 Å². The maximum Gasteiger partial charge on any atom is 0.313 e. The third-order valence-electron chi connectivity index (χ3n) is 5.49. The van der Waals surface area contributed by atoms with E-state index in [2.05, 4.69) is 36.1 Å². The van der Waals surface area contributed by atoms with E-state index in [4.69, 9.17) is 9.98 Å². The summed E-state index contributed by atoms with van der Waals surface area (Å²) in [7, 11) is 0. The number of hydrogen-bond donors (Lipinski definition) is 1. The van der Waals surface area contributed by atoms with Crippen LogP contribution >= 0.6 is 11.8 Å². The number of thioether (sulfide) groups is 1. The van der Waals surface area contributed by atoms with Crippen LogP contribution in [0.4, 0.5) is 11.4 Å². The van der Waals surface area contributed by atoms with E-state index in [-0.39, 0.29) is 11.3 Å². The fraction of sp³-hybridized carbons (Fsp3) is 0.348. The van der Waals surface area contributed by atoms with E-state index in [1.807, 2.05) is 30.3 Å². The average Bonchev–Trinajstić information content (AvgIpc) is 3.00. The number of carboxylic acids is 1. The highest BCUT2D eigenvalue weighted by atomic mass is 32.2. The number of aliphatic imine (C=N–C) groups is 2. The van der Waals surface area contributed by atoms with Crippen LogP contribution in [0.3, 0.4) is 0 Å². The number of rotatable bonds is 4. The Labute approximate surface area is 175 Å². The largest absolute Gasteiger partial charge is 0.481 e. The van der Waals surface area contributed by atoms with Gasteiger partial charge >= 0.3 is 5.97 Å². The van der Waals surface area contributed by atoms with Gasteiger partial charge in [-0.2, -0.15) is 0 Å². The Hall–Kier alpha value is -2.60. The molecule has 6 heteroatoms. The second-order valence-corrected chi connectivity index (χ2v) is 8.56. The Morgan fingerprint density at radius 3 is 2.59 bits per heavy atom. The lowest BCUT2D eigenvalue weighted by Crippen LogP contribution is -2.52. The van der Waals surface area contributed by atoms with Gasteiger partial charge in [0.15, 0.2) is 11.0 Å². The number of carbonyl (C=O) groups is 1. The van der Waals surface area contributed by atoms with Crippen molar-refractivity contribution in [3.63, 3.8) is 0 Å². The number of nitrogens with zero attached hydrogens (tertiary/aromatic N) is 3. The molecule has 0 bridgehead atoms. The molecule has 1 aliphatic heterocycles. The summed E-state index contributed by atoms with van der Waals surface area (Å²) in [5.41, 5.74) is 2.78. The summed E-state index contributed by atoms with van der Waals surface area (Å²) < 4.78 is 0. The van der Waals surface area contributed by atoms with Crippen molar-refractivity contribution in [1.29, 1.82) is 0 Å². The molecule has 4 rings (SSSR count). The molecule has 2 aliphatic rings. The van der Waals surface area contributed by atoms with Gasteiger partial charge in [-0.3, -0.25) is 4.79 Å². The fourth-order valence-corrected chi connectivity index (χ4v) is 5.03. The molecule has 0 saturated heterocycles. The molecule has 1 fully saturated rings. The highest BCUT2D eigenvalue weighted by Crippen LogP contribution is 2.44. The first-order valence-corrected chi connectivity index (χ1v) is 11.0. The van der Waals surface area contributed by atoms with Gasteiger partial charge in [-0.05, 0) is 49.6 Å². The molecule has 150 valence electrons. The second-order valence-electron chi connectivity index (χ2n) is 7.61. The summed E-state index contributed by atoms with van der Waals surface area (Å²) in [4.78, 5) is 23.4. The first-order chi connectivity index (χ1) is 14.1. The predicted molar refractivity (Wildman–Crippen MR) is 121 cm³/mol. The number of hydrogen-bond acceptors (Lipinski definition) is 4. The number of para-hydroxylation sites is 1. The Kier molecular flexibility index (Phi) is 5.72. The van der Waals surface area contributed by atoms with E-state index < -0.39 is 5.97 Å². The van der Waals surface area contributed by atoms with Crippen molar-refractivity contribution < 1.29 is 9.90 Å². The van der Waals surface area contributed by atoms with Gasteiger partial charge in [0.25, 0.3) is 0 Å². The minimum atomic E-state index is -0.840. The van der Waals surface area contributed by atoms with E-state index in [0.717, 1.165) is 53.6 Å². The van der Waals surface area contributed by atoms with Crippen LogP contribution in [0.15, 0.2) is 64.6 Å². The average molecular weight is 408 g/mol. The van der Waals surface area contributed by atoms with Gasteiger partial charge < -0.3 is 10.0 Å². The summed E-state index contributed by atoms with van der Waals surface area (Å²) in [5, 5.41) is 9.97. The number of anilines is 1. The van der Waals surface area contributed by atoms with E-state index in [1.165, 1.54) is 18.2 Å². The molecule has 2 aromatic rings. The number of benzene rings is 2. The number of carboxylic acid groups (broad SMARTS) is 1. The van der Waals surface area contributed by atoms with Crippen LogP contribution in [0.1, 0.15) is 37.7 Å². The maximum absolute atomic E-state index is 11.3. The summed E-state index contributed by atoms with van der Waals surface area (Å²) in [6, 6.07) is 18.3. The molecule has 0 radical (unpaired) electrons. The molecular formula is C23H25N3O2S. The topological polar surface area (TPSA) is 65.3 Å². The molecule has 2 aromatic carbocycles. The van der Waals surface area contributed by atoms with Crippen LogP contribution in [0.2, 0.25) is 0 Å². The van der Waals surface area contributed by atoms with Gasteiger partial charge in [0.05, 0.1) is 11.4 Å². The molecule has 1 aliphatic carbocycles. The van der Waals surface area contributed by atoms with Crippen LogP contribution in [-0.4, -0.2) is 33.4 Å². The lowest BCUT2D eigenvalue weighted by atomic mass is 9.79. The predicted octanol–water partition coefficient (Wildman–Crippen LogP) is 5.42. The monoisotopic (exact) mass is 407 g/mol. The molecule has 1 N–H and O–H groups in total. The SMILES string of the molecule is Cc1cccc(N=C2N=C(SCC(=O)O)N(c3ccccc3)C23CCCCC3)c1. The van der Waals surface area contributed by atoms with Crippen molar-refractivity contribution in [2.75, 3.05) is 10.7 Å². The summed E-state index contributed by atoms with van der Waals surface area (Å²) in [5.74, 6) is -0.0531. The highest BCUT2D eigenvalue weighted by Gasteiger charge is 2.49. The molecule has 5 nitrogen and oxygen atoms in total. The van der Waals surface area contributed by atoms with Crippen molar-refractivity contribution in [3.05, 3.63) is 60.2 Å². The van der Waals surface area contributed by atoms with Crippen LogP contribution in [-0.2, 0) is 4.79 Å². The lowest BCUT2D eigenvalue weighted by molar-refractivity contribution is -0.133. The molecule has 0 unspecified atom stereocenters. The van der Waals surface area contributed by atoms with Gasteiger partial charge in [0, 0.05) is 5.69 Å². The Balaban J connectivity index is 1.82. The highest BCUT2D eigenvalue weighted by molar-refractivity contribution is 8.14. The lowest BCUT2D eigenvalue weighted by Gasteiger charge is -2.42. The molecule has 1 saturated carbocycles. The zero-order valence-electron chi connectivity index (χ0n) is 16.5. The van der Waals surface area contributed by atoms with E-state index in [9.17, 15) is 9.90 Å². The van der Waals surface area contributed by atoms with E-state index in [0.29, 0.717) is 0 Å². The zero-order valence-corrected chi connectivity index (χ0v) is 17.4. The smallest absolute Gasteiger partial charge is 0.313 e. The van der Waals surface area contributed by atoms with Gasteiger partial charge in [-0.15, -0.1) is 0 Å². The Morgan fingerprint density at radius 2 is 1.90 bits per heavy atom. The summed E-state index contributed by atoms with van der Waals surface area (Å²) in [6.07, 6.45) is 5.37. The third kappa shape index (κ3) is 4.08. The number of amidine groups is 2. The van der Waals surface area contributed by atoms with Crippen molar-refractivity contribution in [2.45, 2.75) is 44.6 Å². The molecular weight excluding hydrogens is 382 g/mol. The zero-order chi connectivity index (χ0) is 20.3. The van der Waals surface area contributed by atoms with E-state index in [1.54, 1.807) is 0 Å². The molecule has 0 atom stereocenters. The molecule has 0 amide bonds. The van der Waals surface area contributed by atoms with Gasteiger partial charge in [0.1, 0.15) is 5.54 Å². The Bertz CT molecular complexity index is 950. The van der Waals surface area contributed by atoms with Crippen LogP contribution in [0.25, 0.3) is 0 Å². The van der Waals surface area contributed by atoms with Crippen LogP contribution in [0, 0.1) is 6.92 Å². The van der Waals surface area contributed by atoms with Crippen molar-refractivity contribution in [3.8, 4) is 0 Å². The van der Waals surface area contributed by atoms with Gasteiger partial charge in [-0.1, -0.05) is 61.4 Å². The summed E-state index contributed by atoms with van der Waals surface area (Å²) in [6.45, 7) is 2.06. The third-order valence-corrected chi connectivity index (χ3v) is 6.42. The first kappa shape index (κ1) is 19.7. The molecule has 29 heavy (non-hydrogen) atoms. The van der Waals surface area contributed by atoms with Gasteiger partial charge in [-0.25, -0.2) is 9.98 Å².